The molecule has 0 saturated heterocycles. The van der Waals surface area contributed by atoms with E-state index in [4.69, 9.17) is 0 Å². The summed E-state index contributed by atoms with van der Waals surface area (Å²) in [5, 5.41) is 1.03. The van der Waals surface area contributed by atoms with Crippen LogP contribution in [-0.4, -0.2) is 10.8 Å². The maximum atomic E-state index is 11.1. The number of carbonyl (C=O) groups excluding carboxylic acids is 1. The molecule has 0 bridgehead atoms. The minimum atomic E-state index is 0.0564. The molecule has 0 aliphatic heterocycles. The van der Waals surface area contributed by atoms with E-state index in [9.17, 15) is 4.79 Å². The maximum Gasteiger partial charge on any atom is 0.161 e. The topological polar surface area (TPSA) is 30.0 Å². The summed E-state index contributed by atoms with van der Waals surface area (Å²) in [4.78, 5) is 15.4. The van der Waals surface area contributed by atoms with E-state index in [0.717, 1.165) is 16.5 Å². The lowest BCUT2D eigenvalue weighted by Crippen LogP contribution is -1.93. The molecule has 0 spiro atoms. The molecule has 2 nitrogen and oxygen atoms in total. The molecule has 0 N–H and O–H groups in total. The van der Waals surface area contributed by atoms with E-state index in [-0.39, 0.29) is 5.78 Å². The molecule has 1 aromatic heterocycles. The molecule has 0 unspecified atom stereocenters. The molecule has 1 aromatic carbocycles. The van der Waals surface area contributed by atoms with E-state index < -0.39 is 0 Å². The Morgan fingerprint density at radius 2 is 2.14 bits per heavy atom. The van der Waals surface area contributed by atoms with Gasteiger partial charge in [0.15, 0.2) is 5.78 Å². The molecule has 70 valence electrons. The highest BCUT2D eigenvalue weighted by Gasteiger charge is 2.02. The Labute approximate surface area is 82.6 Å². The van der Waals surface area contributed by atoms with Gasteiger partial charge in [-0.1, -0.05) is 18.2 Å². The number of fused-ring (bicyclic) bond motifs is 1. The third kappa shape index (κ3) is 1.39. The van der Waals surface area contributed by atoms with Crippen molar-refractivity contribution in [3.8, 4) is 0 Å². The first kappa shape index (κ1) is 8.88. The first-order chi connectivity index (χ1) is 6.68. The predicted octanol–water partition coefficient (Wildman–Crippen LogP) is 2.75. The predicted molar refractivity (Wildman–Crippen MR) is 56.5 cm³/mol. The van der Waals surface area contributed by atoms with Crippen molar-refractivity contribution >= 4 is 16.7 Å². The van der Waals surface area contributed by atoms with Crippen molar-refractivity contribution in [1.29, 1.82) is 0 Å². The van der Waals surface area contributed by atoms with Gasteiger partial charge in [-0.25, -0.2) is 0 Å². The third-order valence-corrected chi connectivity index (χ3v) is 2.32. The molecule has 2 aromatic rings. The smallest absolute Gasteiger partial charge is 0.161 e. The van der Waals surface area contributed by atoms with Gasteiger partial charge in [0.2, 0.25) is 0 Å². The Balaban J connectivity index is 2.73. The Bertz CT molecular complexity index is 503. The van der Waals surface area contributed by atoms with Crippen LogP contribution in [0.25, 0.3) is 10.9 Å². The van der Waals surface area contributed by atoms with E-state index in [1.807, 2.05) is 31.2 Å². The van der Waals surface area contributed by atoms with Crippen molar-refractivity contribution in [3.63, 3.8) is 0 Å². The lowest BCUT2D eigenvalue weighted by Gasteiger charge is -2.01. The van der Waals surface area contributed by atoms with Gasteiger partial charge in [-0.15, -0.1) is 0 Å². The summed E-state index contributed by atoms with van der Waals surface area (Å²) >= 11 is 0. The van der Waals surface area contributed by atoms with Crippen molar-refractivity contribution in [2.24, 2.45) is 0 Å². The Morgan fingerprint density at radius 3 is 2.86 bits per heavy atom. The van der Waals surface area contributed by atoms with Gasteiger partial charge < -0.3 is 0 Å². The van der Waals surface area contributed by atoms with Gasteiger partial charge in [0, 0.05) is 17.1 Å². The number of ketones is 1. The number of aryl methyl sites for hydroxylation is 1. The highest BCUT2D eigenvalue weighted by Crippen LogP contribution is 2.16. The van der Waals surface area contributed by atoms with E-state index in [1.165, 1.54) is 0 Å². The number of rotatable bonds is 1. The van der Waals surface area contributed by atoms with Gasteiger partial charge in [-0.05, 0) is 25.5 Å². The van der Waals surface area contributed by atoms with Crippen molar-refractivity contribution in [2.75, 3.05) is 0 Å². The zero-order valence-electron chi connectivity index (χ0n) is 8.24. The molecule has 0 radical (unpaired) electrons. The van der Waals surface area contributed by atoms with E-state index in [2.05, 4.69) is 4.98 Å². The molecule has 0 amide bonds. The second kappa shape index (κ2) is 3.22. The van der Waals surface area contributed by atoms with Crippen LogP contribution in [0.1, 0.15) is 22.8 Å². The largest absolute Gasteiger partial charge is 0.294 e. The van der Waals surface area contributed by atoms with Gasteiger partial charge in [0.05, 0.1) is 5.52 Å². The number of aromatic nitrogens is 1. The molecule has 0 fully saturated rings. The van der Waals surface area contributed by atoms with E-state index >= 15 is 0 Å². The Hall–Kier alpha value is -1.70. The van der Waals surface area contributed by atoms with Crippen LogP contribution in [0, 0.1) is 6.92 Å². The highest BCUT2D eigenvalue weighted by atomic mass is 16.1. The quantitative estimate of drug-likeness (QED) is 0.639. The minimum absolute atomic E-state index is 0.0564. The lowest BCUT2D eigenvalue weighted by molar-refractivity contribution is 0.101. The number of hydrogen-bond donors (Lipinski definition) is 0. The van der Waals surface area contributed by atoms with Gasteiger partial charge >= 0.3 is 0 Å². The van der Waals surface area contributed by atoms with Crippen LogP contribution >= 0.6 is 0 Å². The zero-order valence-corrected chi connectivity index (χ0v) is 8.24. The summed E-state index contributed by atoms with van der Waals surface area (Å²) in [5.41, 5.74) is 2.78. The number of para-hydroxylation sites is 1. The normalized spacial score (nSPS) is 10.4. The van der Waals surface area contributed by atoms with Crippen LogP contribution in [-0.2, 0) is 0 Å². The van der Waals surface area contributed by atoms with Crippen LogP contribution in [0.2, 0.25) is 0 Å². The first-order valence-corrected chi connectivity index (χ1v) is 4.55. The molecule has 0 atom stereocenters. The average Bonchev–Trinajstić information content (AvgIpc) is 2.17. The van der Waals surface area contributed by atoms with Crippen molar-refractivity contribution in [1.82, 2.24) is 4.98 Å². The number of hydrogen-bond acceptors (Lipinski definition) is 2. The Kier molecular flexibility index (Phi) is 2.04. The van der Waals surface area contributed by atoms with Crippen LogP contribution in [0.3, 0.4) is 0 Å². The fourth-order valence-corrected chi connectivity index (χ4v) is 1.51. The molecule has 0 aliphatic rings. The second-order valence-corrected chi connectivity index (χ2v) is 3.43. The Morgan fingerprint density at radius 1 is 1.36 bits per heavy atom. The number of benzene rings is 1. The second-order valence-electron chi connectivity index (χ2n) is 3.43. The molecular formula is C12H11NO. The molecule has 1 heterocycles. The van der Waals surface area contributed by atoms with Crippen LogP contribution in [0.15, 0.2) is 30.5 Å². The van der Waals surface area contributed by atoms with Crippen LogP contribution in [0.5, 0.6) is 0 Å². The standard InChI is InChI=1S/C12H11NO/c1-8-4-3-5-10-6-11(9(2)14)7-13-12(8)10/h3-7H,1-2H3. The molecule has 0 aliphatic carbocycles. The summed E-state index contributed by atoms with van der Waals surface area (Å²) in [6, 6.07) is 7.85. The zero-order chi connectivity index (χ0) is 10.1. The minimum Gasteiger partial charge on any atom is -0.294 e. The number of carbonyl (C=O) groups is 1. The van der Waals surface area contributed by atoms with Gasteiger partial charge in [0.1, 0.15) is 0 Å². The number of nitrogens with zero attached hydrogens (tertiary/aromatic N) is 1. The lowest BCUT2D eigenvalue weighted by atomic mass is 10.1. The highest BCUT2D eigenvalue weighted by molar-refractivity contribution is 5.97. The van der Waals surface area contributed by atoms with Gasteiger partial charge in [-0.3, -0.25) is 9.78 Å². The molecule has 2 rings (SSSR count). The monoisotopic (exact) mass is 185 g/mol. The van der Waals surface area contributed by atoms with Crippen LogP contribution in [0.4, 0.5) is 0 Å². The van der Waals surface area contributed by atoms with E-state index in [1.54, 1.807) is 13.1 Å². The molecular weight excluding hydrogens is 174 g/mol. The fraction of sp³-hybridized carbons (Fsp3) is 0.167. The van der Waals surface area contributed by atoms with Gasteiger partial charge in [-0.2, -0.15) is 0 Å². The van der Waals surface area contributed by atoms with Crippen LogP contribution < -0.4 is 0 Å². The van der Waals surface area contributed by atoms with Crippen molar-refractivity contribution in [3.05, 3.63) is 41.6 Å². The fourth-order valence-electron chi connectivity index (χ4n) is 1.51. The van der Waals surface area contributed by atoms with Gasteiger partial charge in [0.25, 0.3) is 0 Å². The summed E-state index contributed by atoms with van der Waals surface area (Å²) in [7, 11) is 0. The average molecular weight is 185 g/mol. The summed E-state index contributed by atoms with van der Waals surface area (Å²) in [5.74, 6) is 0.0564. The van der Waals surface area contributed by atoms with Crippen molar-refractivity contribution < 1.29 is 4.79 Å². The summed E-state index contributed by atoms with van der Waals surface area (Å²) in [6.07, 6.45) is 1.64. The SMILES string of the molecule is CC(=O)c1cnc2c(C)cccc2c1. The molecule has 2 heteroatoms. The maximum absolute atomic E-state index is 11.1. The summed E-state index contributed by atoms with van der Waals surface area (Å²) < 4.78 is 0. The van der Waals surface area contributed by atoms with Crippen molar-refractivity contribution in [2.45, 2.75) is 13.8 Å². The summed E-state index contributed by atoms with van der Waals surface area (Å²) in [6.45, 7) is 3.57. The number of Topliss-reactive ketones (excluding diaryl/α,β-unsaturated/α-hetero) is 1. The number of pyridine rings is 1. The third-order valence-electron chi connectivity index (χ3n) is 2.32. The molecule has 0 saturated carbocycles. The van der Waals surface area contributed by atoms with E-state index in [0.29, 0.717) is 5.56 Å². The first-order valence-electron chi connectivity index (χ1n) is 4.55. The molecule has 14 heavy (non-hydrogen) atoms.